The van der Waals surface area contributed by atoms with Crippen molar-refractivity contribution in [3.05, 3.63) is 0 Å². The standard InChI is InChI=1S/C9H13NO3/c1-13-9(12)8-6-4-10-3-5(6)2-7(8)11/h5-6,8,10H,2-4H2,1H3. The lowest BCUT2D eigenvalue weighted by atomic mass is 9.92. The van der Waals surface area contributed by atoms with Crippen LogP contribution in [0.4, 0.5) is 0 Å². The second kappa shape index (κ2) is 3.10. The first kappa shape index (κ1) is 8.69. The largest absolute Gasteiger partial charge is 0.468 e. The molecule has 0 amide bonds. The molecule has 2 rings (SSSR count). The zero-order chi connectivity index (χ0) is 9.42. The van der Waals surface area contributed by atoms with E-state index in [1.807, 2.05) is 0 Å². The van der Waals surface area contributed by atoms with Gasteiger partial charge in [-0.25, -0.2) is 0 Å². The molecule has 3 atom stereocenters. The first-order chi connectivity index (χ1) is 6.24. The summed E-state index contributed by atoms with van der Waals surface area (Å²) in [6.45, 7) is 1.64. The number of hydrogen-bond donors (Lipinski definition) is 1. The molecule has 0 spiro atoms. The number of fused-ring (bicyclic) bond motifs is 1. The highest BCUT2D eigenvalue weighted by Gasteiger charge is 2.48. The Morgan fingerprint density at radius 2 is 2.31 bits per heavy atom. The first-order valence-corrected chi connectivity index (χ1v) is 4.55. The highest BCUT2D eigenvalue weighted by molar-refractivity contribution is 6.01. The highest BCUT2D eigenvalue weighted by Crippen LogP contribution is 2.37. The fraction of sp³-hybridized carbons (Fsp3) is 0.778. The van der Waals surface area contributed by atoms with Crippen LogP contribution in [0.1, 0.15) is 6.42 Å². The van der Waals surface area contributed by atoms with Gasteiger partial charge in [-0.05, 0) is 24.9 Å². The Kier molecular flexibility index (Phi) is 2.07. The van der Waals surface area contributed by atoms with E-state index in [4.69, 9.17) is 0 Å². The van der Waals surface area contributed by atoms with E-state index in [9.17, 15) is 9.59 Å². The molecular weight excluding hydrogens is 170 g/mol. The monoisotopic (exact) mass is 183 g/mol. The van der Waals surface area contributed by atoms with Crippen LogP contribution in [0.15, 0.2) is 0 Å². The molecule has 0 bridgehead atoms. The lowest BCUT2D eigenvalue weighted by Crippen LogP contribution is -2.29. The predicted molar refractivity (Wildman–Crippen MR) is 45.0 cm³/mol. The molecule has 2 fully saturated rings. The number of esters is 1. The van der Waals surface area contributed by atoms with Crippen LogP contribution in [0.25, 0.3) is 0 Å². The third-order valence-electron chi connectivity index (χ3n) is 3.09. The maximum absolute atomic E-state index is 11.5. The average Bonchev–Trinajstić information content (AvgIpc) is 2.62. The molecular formula is C9H13NO3. The average molecular weight is 183 g/mol. The van der Waals surface area contributed by atoms with Gasteiger partial charge in [-0.3, -0.25) is 9.59 Å². The fourth-order valence-corrected chi connectivity index (χ4v) is 2.42. The Balaban J connectivity index is 2.16. The first-order valence-electron chi connectivity index (χ1n) is 4.55. The van der Waals surface area contributed by atoms with E-state index >= 15 is 0 Å². The van der Waals surface area contributed by atoms with Crippen LogP contribution in [0, 0.1) is 17.8 Å². The fourth-order valence-electron chi connectivity index (χ4n) is 2.42. The molecule has 2 aliphatic rings. The van der Waals surface area contributed by atoms with Crippen LogP contribution in [-0.4, -0.2) is 32.0 Å². The zero-order valence-corrected chi connectivity index (χ0v) is 7.58. The molecule has 4 nitrogen and oxygen atoms in total. The summed E-state index contributed by atoms with van der Waals surface area (Å²) in [6, 6.07) is 0. The minimum atomic E-state index is -0.495. The maximum atomic E-state index is 11.5. The van der Waals surface area contributed by atoms with Crippen molar-refractivity contribution >= 4 is 11.8 Å². The molecule has 3 unspecified atom stereocenters. The third-order valence-corrected chi connectivity index (χ3v) is 3.09. The molecule has 0 aromatic rings. The van der Waals surface area contributed by atoms with E-state index in [0.29, 0.717) is 12.3 Å². The van der Waals surface area contributed by atoms with Gasteiger partial charge in [0.05, 0.1) is 7.11 Å². The van der Waals surface area contributed by atoms with Crippen molar-refractivity contribution in [2.24, 2.45) is 17.8 Å². The van der Waals surface area contributed by atoms with Crippen molar-refractivity contribution in [2.45, 2.75) is 6.42 Å². The van der Waals surface area contributed by atoms with Gasteiger partial charge >= 0.3 is 5.97 Å². The number of nitrogens with one attached hydrogen (secondary N) is 1. The van der Waals surface area contributed by atoms with E-state index in [2.05, 4.69) is 10.1 Å². The van der Waals surface area contributed by atoms with Crippen LogP contribution in [0.3, 0.4) is 0 Å². The van der Waals surface area contributed by atoms with Gasteiger partial charge in [0.2, 0.25) is 0 Å². The van der Waals surface area contributed by atoms with Crippen LogP contribution >= 0.6 is 0 Å². The molecule has 72 valence electrons. The summed E-state index contributed by atoms with van der Waals surface area (Å²) in [7, 11) is 1.34. The minimum Gasteiger partial charge on any atom is -0.468 e. The van der Waals surface area contributed by atoms with Crippen molar-refractivity contribution in [3.63, 3.8) is 0 Å². The van der Waals surface area contributed by atoms with Gasteiger partial charge in [-0.15, -0.1) is 0 Å². The molecule has 1 aliphatic heterocycles. The lowest BCUT2D eigenvalue weighted by molar-refractivity contribution is -0.149. The van der Waals surface area contributed by atoms with Crippen molar-refractivity contribution < 1.29 is 14.3 Å². The van der Waals surface area contributed by atoms with Crippen LogP contribution in [-0.2, 0) is 14.3 Å². The quantitative estimate of drug-likeness (QED) is 0.443. The van der Waals surface area contributed by atoms with Gasteiger partial charge in [0.1, 0.15) is 11.7 Å². The van der Waals surface area contributed by atoms with Crippen molar-refractivity contribution in [1.82, 2.24) is 5.32 Å². The molecule has 1 aliphatic carbocycles. The topological polar surface area (TPSA) is 55.4 Å². The van der Waals surface area contributed by atoms with Crippen LogP contribution < -0.4 is 5.32 Å². The van der Waals surface area contributed by atoms with E-state index in [1.165, 1.54) is 7.11 Å². The molecule has 1 heterocycles. The van der Waals surface area contributed by atoms with E-state index in [1.54, 1.807) is 0 Å². The van der Waals surface area contributed by atoms with Gasteiger partial charge < -0.3 is 10.1 Å². The Labute approximate surface area is 76.6 Å². The summed E-state index contributed by atoms with van der Waals surface area (Å²) < 4.78 is 4.63. The number of methoxy groups -OCH3 is 1. The molecule has 1 saturated heterocycles. The minimum absolute atomic E-state index is 0.0587. The van der Waals surface area contributed by atoms with Gasteiger partial charge in [0, 0.05) is 6.42 Å². The third kappa shape index (κ3) is 1.25. The van der Waals surface area contributed by atoms with Gasteiger partial charge in [-0.2, -0.15) is 0 Å². The van der Waals surface area contributed by atoms with Gasteiger partial charge in [0.15, 0.2) is 0 Å². The Morgan fingerprint density at radius 3 is 3.00 bits per heavy atom. The smallest absolute Gasteiger partial charge is 0.316 e. The summed E-state index contributed by atoms with van der Waals surface area (Å²) in [5, 5.41) is 3.19. The summed E-state index contributed by atoms with van der Waals surface area (Å²) in [5.74, 6) is -0.258. The molecule has 13 heavy (non-hydrogen) atoms. The van der Waals surface area contributed by atoms with E-state index in [0.717, 1.165) is 13.1 Å². The molecule has 4 heteroatoms. The number of Topliss-reactive ketones (excluding diaryl/α,β-unsaturated/α-hetero) is 1. The zero-order valence-electron chi connectivity index (χ0n) is 7.58. The van der Waals surface area contributed by atoms with Gasteiger partial charge in [-0.1, -0.05) is 0 Å². The SMILES string of the molecule is COC(=O)C1C(=O)CC2CNCC21. The van der Waals surface area contributed by atoms with Gasteiger partial charge in [0.25, 0.3) is 0 Å². The Bertz CT molecular complexity index is 243. The number of ketones is 1. The van der Waals surface area contributed by atoms with Crippen LogP contribution in [0.2, 0.25) is 0 Å². The van der Waals surface area contributed by atoms with Crippen molar-refractivity contribution in [2.75, 3.05) is 20.2 Å². The summed E-state index contributed by atoms with van der Waals surface area (Å²) in [4.78, 5) is 22.8. The highest BCUT2D eigenvalue weighted by atomic mass is 16.5. The van der Waals surface area contributed by atoms with Crippen molar-refractivity contribution in [1.29, 1.82) is 0 Å². The van der Waals surface area contributed by atoms with Crippen LogP contribution in [0.5, 0.6) is 0 Å². The molecule has 1 N–H and O–H groups in total. The summed E-state index contributed by atoms with van der Waals surface area (Å²) in [6.07, 6.45) is 0.539. The summed E-state index contributed by atoms with van der Waals surface area (Å²) in [5.41, 5.74) is 0. The normalized spacial score (nSPS) is 37.6. The number of ether oxygens (including phenoxy) is 1. The Morgan fingerprint density at radius 1 is 1.54 bits per heavy atom. The molecule has 0 aromatic heterocycles. The predicted octanol–water partition coefficient (Wildman–Crippen LogP) is -0.416. The number of hydrogen-bond acceptors (Lipinski definition) is 4. The van der Waals surface area contributed by atoms with E-state index < -0.39 is 5.92 Å². The number of carbonyl (C=O) groups is 2. The Hall–Kier alpha value is -0.900. The number of carbonyl (C=O) groups excluding carboxylic acids is 2. The molecule has 0 aromatic carbocycles. The maximum Gasteiger partial charge on any atom is 0.316 e. The lowest BCUT2D eigenvalue weighted by Gasteiger charge is -2.13. The second-order valence-corrected chi connectivity index (χ2v) is 3.75. The molecule has 0 radical (unpaired) electrons. The van der Waals surface area contributed by atoms with Crippen molar-refractivity contribution in [3.8, 4) is 0 Å². The second-order valence-electron chi connectivity index (χ2n) is 3.75. The van der Waals surface area contributed by atoms with E-state index in [-0.39, 0.29) is 17.7 Å². The number of rotatable bonds is 1. The summed E-state index contributed by atoms with van der Waals surface area (Å²) >= 11 is 0. The molecule has 1 saturated carbocycles.